The molecule has 0 saturated carbocycles. The van der Waals surface area contributed by atoms with E-state index in [2.05, 4.69) is 76.2 Å². The molecule has 0 atom stereocenters. The largest absolute Gasteiger partial charge is 0.493 e. The Morgan fingerprint density at radius 3 is 2.19 bits per heavy atom. The first kappa shape index (κ1) is 21.3. The highest BCUT2D eigenvalue weighted by atomic mass is 16.5. The van der Waals surface area contributed by atoms with Crippen LogP contribution < -0.4 is 4.74 Å². The van der Waals surface area contributed by atoms with Crippen LogP contribution in [0.15, 0.2) is 36.4 Å². The summed E-state index contributed by atoms with van der Waals surface area (Å²) in [6.07, 6.45) is 13.1. The van der Waals surface area contributed by atoms with E-state index < -0.39 is 0 Å². The molecule has 0 radical (unpaired) electrons. The monoisotopic (exact) mass is 364 g/mol. The predicted octanol–water partition coefficient (Wildman–Crippen LogP) is 7.78. The summed E-state index contributed by atoms with van der Waals surface area (Å²) >= 11 is 0. The molecule has 0 aliphatic heterocycles. The molecule has 1 nitrogen and oxygen atoms in total. The molecule has 0 unspecified atom stereocenters. The van der Waals surface area contributed by atoms with Crippen molar-refractivity contribution in [3.63, 3.8) is 0 Å². The van der Waals surface area contributed by atoms with Crippen molar-refractivity contribution in [2.24, 2.45) is 0 Å². The number of rotatable bonds is 11. The Balaban J connectivity index is 1.97. The number of unbranched alkanes of at least 4 members (excludes halogenated alkanes) is 4. The van der Waals surface area contributed by atoms with Crippen molar-refractivity contribution in [2.75, 3.05) is 6.61 Å². The zero-order valence-corrected chi connectivity index (χ0v) is 17.7. The van der Waals surface area contributed by atoms with Crippen LogP contribution in [0.5, 0.6) is 5.75 Å². The highest BCUT2D eigenvalue weighted by Gasteiger charge is 2.06. The molecule has 0 amide bonds. The van der Waals surface area contributed by atoms with E-state index in [1.807, 2.05) is 0 Å². The summed E-state index contributed by atoms with van der Waals surface area (Å²) in [5.41, 5.74) is 6.50. The second-order valence-electron chi connectivity index (χ2n) is 7.49. The van der Waals surface area contributed by atoms with Crippen molar-refractivity contribution in [1.29, 1.82) is 0 Å². The van der Waals surface area contributed by atoms with Gasteiger partial charge >= 0.3 is 0 Å². The third-order valence-corrected chi connectivity index (χ3v) is 5.29. The van der Waals surface area contributed by atoms with Crippen molar-refractivity contribution < 1.29 is 4.74 Å². The van der Waals surface area contributed by atoms with Gasteiger partial charge in [0.05, 0.1) is 6.61 Å². The number of hydrogen-bond donors (Lipinski definition) is 0. The fourth-order valence-electron chi connectivity index (χ4n) is 3.23. The van der Waals surface area contributed by atoms with Gasteiger partial charge in [-0.2, -0.15) is 0 Å². The van der Waals surface area contributed by atoms with E-state index in [0.717, 1.165) is 18.8 Å². The fourth-order valence-corrected chi connectivity index (χ4v) is 3.23. The SMILES string of the molecule is CCCCCCOc1ccc(C=Cc2ccc(CCCC)cc2)c(C)c1C. The van der Waals surface area contributed by atoms with E-state index in [-0.39, 0.29) is 0 Å². The molecular weight excluding hydrogens is 328 g/mol. The van der Waals surface area contributed by atoms with Crippen molar-refractivity contribution >= 4 is 12.2 Å². The van der Waals surface area contributed by atoms with Gasteiger partial charge in [-0.05, 0) is 67.0 Å². The molecule has 0 heterocycles. The van der Waals surface area contributed by atoms with Crippen LogP contribution >= 0.6 is 0 Å². The topological polar surface area (TPSA) is 9.23 Å². The van der Waals surface area contributed by atoms with Gasteiger partial charge < -0.3 is 4.74 Å². The molecule has 0 N–H and O–H groups in total. The third kappa shape index (κ3) is 6.90. The zero-order chi connectivity index (χ0) is 19.5. The molecule has 2 aromatic rings. The molecule has 0 saturated heterocycles. The average molecular weight is 365 g/mol. The molecule has 27 heavy (non-hydrogen) atoms. The van der Waals surface area contributed by atoms with Crippen molar-refractivity contribution in [1.82, 2.24) is 0 Å². The van der Waals surface area contributed by atoms with Crippen LogP contribution in [0.25, 0.3) is 12.2 Å². The lowest BCUT2D eigenvalue weighted by Crippen LogP contribution is -2.00. The molecule has 0 spiro atoms. The van der Waals surface area contributed by atoms with Gasteiger partial charge in [0.2, 0.25) is 0 Å². The van der Waals surface area contributed by atoms with Crippen LogP contribution in [-0.4, -0.2) is 6.61 Å². The summed E-state index contributed by atoms with van der Waals surface area (Å²) in [7, 11) is 0. The number of aryl methyl sites for hydroxylation is 1. The van der Waals surface area contributed by atoms with Crippen LogP contribution in [-0.2, 0) is 6.42 Å². The Morgan fingerprint density at radius 2 is 1.48 bits per heavy atom. The first-order valence-electron chi connectivity index (χ1n) is 10.7. The summed E-state index contributed by atoms with van der Waals surface area (Å²) in [5, 5.41) is 0. The van der Waals surface area contributed by atoms with Crippen molar-refractivity contribution in [3.8, 4) is 5.75 Å². The van der Waals surface area contributed by atoms with Crippen LogP contribution in [0.3, 0.4) is 0 Å². The summed E-state index contributed by atoms with van der Waals surface area (Å²) in [6, 6.07) is 13.2. The van der Waals surface area contributed by atoms with Gasteiger partial charge in [0.15, 0.2) is 0 Å². The molecule has 0 fully saturated rings. The minimum absolute atomic E-state index is 0.819. The third-order valence-electron chi connectivity index (χ3n) is 5.29. The summed E-state index contributed by atoms with van der Waals surface area (Å²) < 4.78 is 6.00. The number of ether oxygens (including phenoxy) is 1. The van der Waals surface area contributed by atoms with Crippen molar-refractivity contribution in [3.05, 3.63) is 64.2 Å². The highest BCUT2D eigenvalue weighted by molar-refractivity contribution is 5.72. The molecule has 0 aliphatic carbocycles. The van der Waals surface area contributed by atoms with Crippen LogP contribution in [0.4, 0.5) is 0 Å². The van der Waals surface area contributed by atoms with Gasteiger partial charge in [-0.25, -0.2) is 0 Å². The number of benzene rings is 2. The normalized spacial score (nSPS) is 11.3. The average Bonchev–Trinajstić information content (AvgIpc) is 2.69. The second kappa shape index (κ2) is 11.6. The number of hydrogen-bond acceptors (Lipinski definition) is 1. The Hall–Kier alpha value is -2.02. The molecule has 0 bridgehead atoms. The minimum Gasteiger partial charge on any atom is -0.493 e. The molecule has 0 aliphatic rings. The van der Waals surface area contributed by atoms with Crippen LogP contribution in [0, 0.1) is 13.8 Å². The van der Waals surface area contributed by atoms with Gasteiger partial charge in [-0.15, -0.1) is 0 Å². The first-order valence-corrected chi connectivity index (χ1v) is 10.7. The van der Waals surface area contributed by atoms with E-state index in [9.17, 15) is 0 Å². The molecule has 1 heteroatoms. The van der Waals surface area contributed by atoms with Gasteiger partial charge in [0.25, 0.3) is 0 Å². The summed E-state index contributed by atoms with van der Waals surface area (Å²) in [6.45, 7) is 9.65. The van der Waals surface area contributed by atoms with E-state index in [4.69, 9.17) is 4.74 Å². The lowest BCUT2D eigenvalue weighted by Gasteiger charge is -2.13. The second-order valence-corrected chi connectivity index (χ2v) is 7.49. The quantitative estimate of drug-likeness (QED) is 0.292. The molecule has 2 aromatic carbocycles. The smallest absolute Gasteiger partial charge is 0.122 e. The Kier molecular flexibility index (Phi) is 9.18. The van der Waals surface area contributed by atoms with Gasteiger partial charge in [0, 0.05) is 0 Å². The minimum atomic E-state index is 0.819. The van der Waals surface area contributed by atoms with Gasteiger partial charge in [0.1, 0.15) is 5.75 Å². The van der Waals surface area contributed by atoms with E-state index in [0.29, 0.717) is 0 Å². The first-order chi connectivity index (χ1) is 13.2. The molecule has 0 aromatic heterocycles. The standard InChI is InChI=1S/C26H36O/c1-5-7-9-10-20-27-26-19-18-25(21(3)22(26)4)17-16-24-14-12-23(13-15-24)11-8-6-2/h12-19H,5-11,20H2,1-4H3. The Morgan fingerprint density at radius 1 is 0.741 bits per heavy atom. The van der Waals surface area contributed by atoms with Gasteiger partial charge in [-0.3, -0.25) is 0 Å². The Labute approximate surface area is 166 Å². The van der Waals surface area contributed by atoms with Gasteiger partial charge in [-0.1, -0.05) is 82.0 Å². The predicted molar refractivity (Wildman–Crippen MR) is 120 cm³/mol. The highest BCUT2D eigenvalue weighted by Crippen LogP contribution is 2.26. The summed E-state index contributed by atoms with van der Waals surface area (Å²) in [4.78, 5) is 0. The molecule has 146 valence electrons. The van der Waals surface area contributed by atoms with E-state index >= 15 is 0 Å². The molecular formula is C26H36O. The maximum atomic E-state index is 6.00. The lowest BCUT2D eigenvalue weighted by atomic mass is 10.0. The van der Waals surface area contributed by atoms with Crippen LogP contribution in [0.1, 0.15) is 80.2 Å². The van der Waals surface area contributed by atoms with Crippen molar-refractivity contribution in [2.45, 2.75) is 72.6 Å². The van der Waals surface area contributed by atoms with E-state index in [1.54, 1.807) is 0 Å². The fraction of sp³-hybridized carbons (Fsp3) is 0.462. The zero-order valence-electron chi connectivity index (χ0n) is 17.7. The maximum Gasteiger partial charge on any atom is 0.122 e. The molecule has 2 rings (SSSR count). The summed E-state index contributed by atoms with van der Waals surface area (Å²) in [5.74, 6) is 1.03. The van der Waals surface area contributed by atoms with E-state index in [1.165, 1.54) is 66.3 Å². The van der Waals surface area contributed by atoms with Crippen LogP contribution in [0.2, 0.25) is 0 Å². The Bertz CT molecular complexity index is 710. The lowest BCUT2D eigenvalue weighted by molar-refractivity contribution is 0.303. The maximum absolute atomic E-state index is 6.00.